The van der Waals surface area contributed by atoms with Crippen LogP contribution in [0.5, 0.6) is 0 Å². The Morgan fingerprint density at radius 3 is 2.66 bits per heavy atom. The minimum atomic E-state index is -1.54. The molecule has 0 bridgehead atoms. The SMILES string of the molecule is C#CC1(COC(=O)C(CCC)CCC)O[C@@H](n2cnc3c(N)nc(F)nc32)C[C@@H]1OC(=O)CCC. The van der Waals surface area contributed by atoms with E-state index in [1.165, 1.54) is 10.9 Å². The van der Waals surface area contributed by atoms with E-state index in [0.29, 0.717) is 19.3 Å². The highest BCUT2D eigenvalue weighted by Crippen LogP contribution is 2.40. The monoisotopic (exact) mass is 489 g/mol. The van der Waals surface area contributed by atoms with Gasteiger partial charge in [0.25, 0.3) is 0 Å². The zero-order valence-corrected chi connectivity index (χ0v) is 20.3. The number of aromatic nitrogens is 4. The Morgan fingerprint density at radius 1 is 1.31 bits per heavy atom. The molecule has 0 aliphatic carbocycles. The number of carbonyl (C=O) groups excluding carboxylic acids is 2. The van der Waals surface area contributed by atoms with Crippen molar-refractivity contribution in [2.24, 2.45) is 5.92 Å². The van der Waals surface area contributed by atoms with Crippen molar-refractivity contribution in [2.45, 2.75) is 83.6 Å². The highest BCUT2D eigenvalue weighted by Gasteiger charge is 2.52. The second kappa shape index (κ2) is 11.4. The molecule has 10 nitrogen and oxygen atoms in total. The van der Waals surface area contributed by atoms with Crippen LogP contribution in [0.2, 0.25) is 0 Å². The van der Waals surface area contributed by atoms with Crippen molar-refractivity contribution < 1.29 is 28.2 Å². The number of anilines is 1. The largest absolute Gasteiger partial charge is 0.461 e. The third-order valence-corrected chi connectivity index (χ3v) is 6.02. The third-order valence-electron chi connectivity index (χ3n) is 6.02. The van der Waals surface area contributed by atoms with Gasteiger partial charge in [0.15, 0.2) is 17.0 Å². The molecule has 3 heterocycles. The molecule has 1 aliphatic heterocycles. The van der Waals surface area contributed by atoms with Crippen molar-refractivity contribution in [1.29, 1.82) is 0 Å². The van der Waals surface area contributed by atoms with E-state index in [-0.39, 0.29) is 48.3 Å². The number of rotatable bonds is 11. The molecule has 3 atom stereocenters. The van der Waals surface area contributed by atoms with E-state index in [4.69, 9.17) is 26.4 Å². The molecule has 0 radical (unpaired) electrons. The van der Waals surface area contributed by atoms with E-state index in [2.05, 4.69) is 20.9 Å². The molecule has 3 rings (SSSR count). The van der Waals surface area contributed by atoms with Gasteiger partial charge in [0.2, 0.25) is 5.60 Å². The third kappa shape index (κ3) is 5.70. The summed E-state index contributed by atoms with van der Waals surface area (Å²) < 4.78 is 32.8. The fraction of sp³-hybridized carbons (Fsp3) is 0.625. The van der Waals surface area contributed by atoms with Crippen LogP contribution in [0.25, 0.3) is 11.2 Å². The first-order valence-corrected chi connectivity index (χ1v) is 12.0. The number of ether oxygens (including phenoxy) is 3. The lowest BCUT2D eigenvalue weighted by Crippen LogP contribution is -2.46. The number of carbonyl (C=O) groups is 2. The summed E-state index contributed by atoms with van der Waals surface area (Å²) >= 11 is 0. The molecule has 11 heteroatoms. The first kappa shape index (κ1) is 26.3. The van der Waals surface area contributed by atoms with Crippen molar-refractivity contribution in [3.05, 3.63) is 12.4 Å². The summed E-state index contributed by atoms with van der Waals surface area (Å²) in [5.41, 5.74) is 4.53. The van der Waals surface area contributed by atoms with Gasteiger partial charge in [-0.2, -0.15) is 14.4 Å². The van der Waals surface area contributed by atoms with Gasteiger partial charge < -0.3 is 19.9 Å². The number of nitrogens with zero attached hydrogens (tertiary/aromatic N) is 4. The predicted molar refractivity (Wildman–Crippen MR) is 125 cm³/mol. The van der Waals surface area contributed by atoms with Gasteiger partial charge in [-0.15, -0.1) is 6.42 Å². The molecule has 2 N–H and O–H groups in total. The minimum Gasteiger partial charge on any atom is -0.461 e. The number of nitrogens with two attached hydrogens (primary N) is 1. The second-order valence-corrected chi connectivity index (χ2v) is 8.65. The van der Waals surface area contributed by atoms with Gasteiger partial charge in [-0.25, -0.2) is 4.98 Å². The fourth-order valence-electron chi connectivity index (χ4n) is 4.27. The first-order chi connectivity index (χ1) is 16.8. The lowest BCUT2D eigenvalue weighted by molar-refractivity contribution is -0.169. The van der Waals surface area contributed by atoms with Crippen molar-refractivity contribution >= 4 is 28.9 Å². The van der Waals surface area contributed by atoms with Crippen LogP contribution >= 0.6 is 0 Å². The highest BCUT2D eigenvalue weighted by atomic mass is 19.1. The van der Waals surface area contributed by atoms with Crippen LogP contribution in [-0.2, 0) is 23.8 Å². The number of nitrogen functional groups attached to an aromatic ring is 1. The topological polar surface area (TPSA) is 131 Å². The second-order valence-electron chi connectivity index (χ2n) is 8.65. The van der Waals surface area contributed by atoms with Crippen LogP contribution in [0, 0.1) is 24.3 Å². The fourth-order valence-corrected chi connectivity index (χ4v) is 4.27. The molecule has 0 aromatic carbocycles. The highest BCUT2D eigenvalue weighted by molar-refractivity contribution is 5.81. The van der Waals surface area contributed by atoms with Crippen molar-refractivity contribution in [1.82, 2.24) is 19.5 Å². The minimum absolute atomic E-state index is 0.106. The van der Waals surface area contributed by atoms with E-state index in [0.717, 1.165) is 12.8 Å². The summed E-state index contributed by atoms with van der Waals surface area (Å²) in [6.45, 7) is 5.55. The average molecular weight is 490 g/mol. The summed E-state index contributed by atoms with van der Waals surface area (Å²) in [6, 6.07) is 0. The van der Waals surface area contributed by atoms with Gasteiger partial charge in [0.1, 0.15) is 18.9 Å². The van der Waals surface area contributed by atoms with Crippen LogP contribution in [-0.4, -0.2) is 49.8 Å². The van der Waals surface area contributed by atoms with E-state index in [9.17, 15) is 14.0 Å². The maximum atomic E-state index is 13.9. The standard InChI is InChI=1S/C24H32FN5O5/c1-5-9-15(10-6-2)22(32)33-13-24(8-4)16(34-18(31)11-7-3)12-17(35-24)30-14-27-19-20(26)28-23(25)29-21(19)30/h4,14-17H,5-7,9-13H2,1-3H3,(H2,26,28,29)/t16-,17+,24?/m0/s1. The Balaban J connectivity index is 1.90. The van der Waals surface area contributed by atoms with Crippen LogP contribution < -0.4 is 5.73 Å². The smallest absolute Gasteiger partial charge is 0.312 e. The Morgan fingerprint density at radius 2 is 2.03 bits per heavy atom. The van der Waals surface area contributed by atoms with Crippen LogP contribution in [0.4, 0.5) is 10.2 Å². The number of hydrogen-bond donors (Lipinski definition) is 1. The molecule has 190 valence electrons. The maximum Gasteiger partial charge on any atom is 0.312 e. The van der Waals surface area contributed by atoms with Crippen LogP contribution in [0.1, 0.15) is 71.9 Å². The molecule has 1 saturated heterocycles. The summed E-state index contributed by atoms with van der Waals surface area (Å²) in [6.07, 6.45) is 8.46. The Labute approximate surface area is 203 Å². The molecule has 0 amide bonds. The van der Waals surface area contributed by atoms with Gasteiger partial charge in [-0.3, -0.25) is 14.2 Å². The average Bonchev–Trinajstić information content (AvgIpc) is 3.39. The molecule has 35 heavy (non-hydrogen) atoms. The zero-order chi connectivity index (χ0) is 25.6. The number of hydrogen-bond acceptors (Lipinski definition) is 9. The number of esters is 2. The molecule has 1 fully saturated rings. The molecule has 2 aromatic heterocycles. The van der Waals surface area contributed by atoms with E-state index in [1.54, 1.807) is 0 Å². The van der Waals surface area contributed by atoms with Gasteiger partial charge in [0.05, 0.1) is 12.2 Å². The lowest BCUT2D eigenvalue weighted by atomic mass is 9.97. The van der Waals surface area contributed by atoms with Crippen molar-refractivity contribution in [3.63, 3.8) is 0 Å². The van der Waals surface area contributed by atoms with Crippen molar-refractivity contribution in [2.75, 3.05) is 12.3 Å². The molecule has 0 saturated carbocycles. The molecule has 0 spiro atoms. The van der Waals surface area contributed by atoms with Crippen LogP contribution in [0.3, 0.4) is 0 Å². The zero-order valence-electron chi connectivity index (χ0n) is 20.3. The van der Waals surface area contributed by atoms with E-state index < -0.39 is 30.0 Å². The Bertz CT molecular complexity index is 1090. The molecular weight excluding hydrogens is 457 g/mol. The molecule has 1 aliphatic rings. The lowest BCUT2D eigenvalue weighted by Gasteiger charge is -2.29. The maximum absolute atomic E-state index is 13.9. The van der Waals surface area contributed by atoms with Gasteiger partial charge >= 0.3 is 18.0 Å². The summed E-state index contributed by atoms with van der Waals surface area (Å²) in [7, 11) is 0. The number of fused-ring (bicyclic) bond motifs is 1. The molecule has 1 unspecified atom stereocenters. The normalized spacial score (nSPS) is 21.8. The van der Waals surface area contributed by atoms with Gasteiger partial charge in [-0.1, -0.05) is 39.5 Å². The van der Waals surface area contributed by atoms with Gasteiger partial charge in [0, 0.05) is 12.8 Å². The quantitative estimate of drug-likeness (QED) is 0.287. The number of terminal acetylenes is 1. The Kier molecular flexibility index (Phi) is 8.62. The first-order valence-electron chi connectivity index (χ1n) is 12.0. The van der Waals surface area contributed by atoms with E-state index in [1.807, 2.05) is 20.8 Å². The van der Waals surface area contributed by atoms with Gasteiger partial charge in [-0.05, 0) is 19.3 Å². The number of halogens is 1. The summed E-state index contributed by atoms with van der Waals surface area (Å²) in [4.78, 5) is 36.6. The van der Waals surface area contributed by atoms with Crippen molar-refractivity contribution in [3.8, 4) is 12.3 Å². The molecular formula is C24H32FN5O5. The predicted octanol–water partition coefficient (Wildman–Crippen LogP) is 3.31. The summed E-state index contributed by atoms with van der Waals surface area (Å²) in [5, 5.41) is 0. The number of imidazole rings is 1. The summed E-state index contributed by atoms with van der Waals surface area (Å²) in [5.74, 6) is 1.36. The van der Waals surface area contributed by atoms with Crippen LogP contribution in [0.15, 0.2) is 6.33 Å². The molecule has 2 aromatic rings. The Hall–Kier alpha value is -3.26. The van der Waals surface area contributed by atoms with E-state index >= 15 is 0 Å².